The quantitative estimate of drug-likeness (QED) is 0.582. The molecule has 0 aliphatic carbocycles. The minimum atomic E-state index is -0.252. The second kappa shape index (κ2) is 8.11. The van der Waals surface area contributed by atoms with Crippen LogP contribution in [0.5, 0.6) is 0 Å². The first-order valence-corrected chi connectivity index (χ1v) is 9.99. The summed E-state index contributed by atoms with van der Waals surface area (Å²) >= 11 is 5.93. The molecule has 1 aromatic heterocycles. The molecule has 3 aromatic rings. The van der Waals surface area contributed by atoms with Crippen LogP contribution in [0.25, 0.3) is 11.3 Å². The number of rotatable bonds is 4. The molecule has 1 N–H and O–H groups in total. The molecule has 4 rings (SSSR count). The van der Waals surface area contributed by atoms with Gasteiger partial charge in [-0.1, -0.05) is 30.7 Å². The van der Waals surface area contributed by atoms with Crippen molar-refractivity contribution in [3.05, 3.63) is 71.4 Å². The van der Waals surface area contributed by atoms with Crippen LogP contribution in [0.4, 0.5) is 11.4 Å². The first-order chi connectivity index (χ1) is 13.6. The molecular weight excluding hydrogens is 372 g/mol. The SMILES string of the molecule is CC1CCN(c2ccccc2NC(=O)c2ccc(-c3ccc(Cl)cc3)o2)CC1. The molecule has 28 heavy (non-hydrogen) atoms. The molecule has 2 aromatic carbocycles. The second-order valence-electron chi connectivity index (χ2n) is 7.31. The number of anilines is 2. The van der Waals surface area contributed by atoms with E-state index >= 15 is 0 Å². The van der Waals surface area contributed by atoms with E-state index in [1.54, 1.807) is 24.3 Å². The van der Waals surface area contributed by atoms with Crippen molar-refractivity contribution < 1.29 is 9.21 Å². The third kappa shape index (κ3) is 4.07. The third-order valence-electron chi connectivity index (χ3n) is 5.24. The Bertz CT molecular complexity index is 957. The van der Waals surface area contributed by atoms with Gasteiger partial charge in [0.05, 0.1) is 11.4 Å². The zero-order valence-electron chi connectivity index (χ0n) is 15.8. The van der Waals surface area contributed by atoms with Gasteiger partial charge in [0, 0.05) is 23.7 Å². The lowest BCUT2D eigenvalue weighted by molar-refractivity contribution is 0.0997. The number of nitrogens with one attached hydrogen (secondary N) is 1. The molecule has 0 saturated carbocycles. The van der Waals surface area contributed by atoms with E-state index in [0.29, 0.717) is 10.8 Å². The van der Waals surface area contributed by atoms with Crippen molar-refractivity contribution in [1.82, 2.24) is 0 Å². The van der Waals surface area contributed by atoms with E-state index in [9.17, 15) is 4.79 Å². The average Bonchev–Trinajstić information content (AvgIpc) is 3.20. The number of nitrogens with zero attached hydrogens (tertiary/aromatic N) is 1. The van der Waals surface area contributed by atoms with E-state index < -0.39 is 0 Å². The Balaban J connectivity index is 1.51. The van der Waals surface area contributed by atoms with Gasteiger partial charge in [0.2, 0.25) is 0 Å². The number of piperidine rings is 1. The lowest BCUT2D eigenvalue weighted by atomic mass is 9.98. The fraction of sp³-hybridized carbons (Fsp3) is 0.261. The highest BCUT2D eigenvalue weighted by Crippen LogP contribution is 2.30. The predicted octanol–water partition coefficient (Wildman–Crippen LogP) is 6.09. The lowest BCUT2D eigenvalue weighted by Gasteiger charge is -2.33. The van der Waals surface area contributed by atoms with Gasteiger partial charge in [-0.25, -0.2) is 0 Å². The number of furan rings is 1. The van der Waals surface area contributed by atoms with Crippen molar-refractivity contribution in [1.29, 1.82) is 0 Å². The van der Waals surface area contributed by atoms with E-state index in [-0.39, 0.29) is 11.7 Å². The van der Waals surface area contributed by atoms with Gasteiger partial charge in [-0.2, -0.15) is 0 Å². The van der Waals surface area contributed by atoms with Gasteiger partial charge >= 0.3 is 0 Å². The van der Waals surface area contributed by atoms with Gasteiger partial charge in [-0.3, -0.25) is 4.79 Å². The third-order valence-corrected chi connectivity index (χ3v) is 5.49. The highest BCUT2D eigenvalue weighted by Gasteiger charge is 2.20. The monoisotopic (exact) mass is 394 g/mol. The summed E-state index contributed by atoms with van der Waals surface area (Å²) < 4.78 is 5.77. The Morgan fingerprint density at radius 1 is 1.04 bits per heavy atom. The molecule has 1 amide bonds. The van der Waals surface area contributed by atoms with Crippen molar-refractivity contribution >= 4 is 28.9 Å². The maximum Gasteiger partial charge on any atom is 0.291 e. The molecule has 2 heterocycles. The molecule has 1 saturated heterocycles. The molecule has 144 valence electrons. The van der Waals surface area contributed by atoms with Gasteiger partial charge in [0.15, 0.2) is 5.76 Å². The maximum atomic E-state index is 12.8. The average molecular weight is 395 g/mol. The van der Waals surface area contributed by atoms with Crippen molar-refractivity contribution in [3.63, 3.8) is 0 Å². The van der Waals surface area contributed by atoms with Crippen molar-refractivity contribution in [2.45, 2.75) is 19.8 Å². The summed E-state index contributed by atoms with van der Waals surface area (Å²) in [6.45, 7) is 4.31. The largest absolute Gasteiger partial charge is 0.451 e. The minimum absolute atomic E-state index is 0.252. The van der Waals surface area contributed by atoms with Crippen LogP contribution in [-0.4, -0.2) is 19.0 Å². The summed E-state index contributed by atoms with van der Waals surface area (Å²) in [5.41, 5.74) is 2.75. The molecule has 0 radical (unpaired) electrons. The Kier molecular flexibility index (Phi) is 5.40. The zero-order chi connectivity index (χ0) is 19.5. The standard InChI is InChI=1S/C23H23ClN2O2/c1-16-12-14-26(15-13-16)20-5-3-2-4-19(20)25-23(27)22-11-10-21(28-22)17-6-8-18(24)9-7-17/h2-11,16H,12-15H2,1H3,(H,25,27). The van der Waals surface area contributed by atoms with Crippen LogP contribution in [0.15, 0.2) is 65.1 Å². The number of para-hydroxylation sites is 2. The van der Waals surface area contributed by atoms with Gasteiger partial charge in [0.25, 0.3) is 5.91 Å². The molecule has 5 heteroatoms. The number of halogens is 1. The Morgan fingerprint density at radius 3 is 2.50 bits per heavy atom. The molecule has 1 fully saturated rings. The summed E-state index contributed by atoms with van der Waals surface area (Å²) in [5, 5.41) is 3.68. The highest BCUT2D eigenvalue weighted by molar-refractivity contribution is 6.30. The normalized spacial score (nSPS) is 14.9. The van der Waals surface area contributed by atoms with Crippen LogP contribution in [-0.2, 0) is 0 Å². The Hall–Kier alpha value is -2.72. The number of hydrogen-bond acceptors (Lipinski definition) is 3. The fourth-order valence-corrected chi connectivity index (χ4v) is 3.64. The number of benzene rings is 2. The topological polar surface area (TPSA) is 45.5 Å². The molecular formula is C23H23ClN2O2. The molecule has 0 unspecified atom stereocenters. The molecule has 0 spiro atoms. The summed E-state index contributed by atoms with van der Waals surface area (Å²) in [6.07, 6.45) is 2.34. The van der Waals surface area contributed by atoms with Crippen LogP contribution in [0, 0.1) is 5.92 Å². The summed E-state index contributed by atoms with van der Waals surface area (Å²) in [6, 6.07) is 18.8. The van der Waals surface area contributed by atoms with E-state index in [1.165, 1.54) is 12.8 Å². The number of amides is 1. The molecule has 0 atom stereocenters. The maximum absolute atomic E-state index is 12.8. The molecule has 1 aliphatic rings. The van der Waals surface area contributed by atoms with Crippen LogP contribution in [0.1, 0.15) is 30.3 Å². The van der Waals surface area contributed by atoms with Crippen LogP contribution in [0.2, 0.25) is 5.02 Å². The van der Waals surface area contributed by atoms with E-state index in [4.69, 9.17) is 16.0 Å². The van der Waals surface area contributed by atoms with Crippen LogP contribution < -0.4 is 10.2 Å². The highest BCUT2D eigenvalue weighted by atomic mass is 35.5. The fourth-order valence-electron chi connectivity index (χ4n) is 3.52. The molecule has 4 nitrogen and oxygen atoms in total. The Labute approximate surface area is 170 Å². The van der Waals surface area contributed by atoms with Gasteiger partial charge in [-0.15, -0.1) is 0 Å². The summed E-state index contributed by atoms with van der Waals surface area (Å²) in [7, 11) is 0. The smallest absolute Gasteiger partial charge is 0.291 e. The first-order valence-electron chi connectivity index (χ1n) is 9.61. The molecule has 1 aliphatic heterocycles. The summed E-state index contributed by atoms with van der Waals surface area (Å²) in [5.74, 6) is 1.43. The Morgan fingerprint density at radius 2 is 1.75 bits per heavy atom. The number of carbonyl (C=O) groups excluding carboxylic acids is 1. The molecule has 0 bridgehead atoms. The minimum Gasteiger partial charge on any atom is -0.451 e. The van der Waals surface area contributed by atoms with E-state index in [2.05, 4.69) is 23.2 Å². The second-order valence-corrected chi connectivity index (χ2v) is 7.75. The lowest BCUT2D eigenvalue weighted by Crippen LogP contribution is -2.33. The predicted molar refractivity (Wildman–Crippen MR) is 114 cm³/mol. The van der Waals surface area contributed by atoms with Crippen LogP contribution in [0.3, 0.4) is 0 Å². The zero-order valence-corrected chi connectivity index (χ0v) is 16.6. The van der Waals surface area contributed by atoms with Gasteiger partial charge in [-0.05, 0) is 67.3 Å². The van der Waals surface area contributed by atoms with E-state index in [0.717, 1.165) is 35.9 Å². The van der Waals surface area contributed by atoms with E-state index in [1.807, 2.05) is 30.3 Å². The summed E-state index contributed by atoms with van der Waals surface area (Å²) in [4.78, 5) is 15.1. The van der Waals surface area contributed by atoms with Crippen LogP contribution >= 0.6 is 11.6 Å². The van der Waals surface area contributed by atoms with Gasteiger partial charge in [0.1, 0.15) is 5.76 Å². The number of hydrogen-bond donors (Lipinski definition) is 1. The van der Waals surface area contributed by atoms with Crippen molar-refractivity contribution in [3.8, 4) is 11.3 Å². The number of carbonyl (C=O) groups is 1. The first kappa shape index (κ1) is 18.6. The van der Waals surface area contributed by atoms with Crippen molar-refractivity contribution in [2.75, 3.05) is 23.3 Å². The van der Waals surface area contributed by atoms with Gasteiger partial charge < -0.3 is 14.6 Å². The van der Waals surface area contributed by atoms with Crippen molar-refractivity contribution in [2.24, 2.45) is 5.92 Å².